The van der Waals surface area contributed by atoms with Crippen molar-refractivity contribution in [3.8, 4) is 0 Å². The summed E-state index contributed by atoms with van der Waals surface area (Å²) in [5.74, 6) is -1.09. The average Bonchev–Trinajstić information content (AvgIpc) is 3.11. The molecule has 1 amide bonds. The lowest BCUT2D eigenvalue weighted by Crippen LogP contribution is -2.36. The maximum absolute atomic E-state index is 11.7. The van der Waals surface area contributed by atoms with Crippen molar-refractivity contribution in [1.82, 2.24) is 5.32 Å². The van der Waals surface area contributed by atoms with Crippen LogP contribution in [0.5, 0.6) is 0 Å². The number of carbonyl (C=O) groups is 2. The van der Waals surface area contributed by atoms with Crippen LogP contribution < -0.4 is 16.0 Å². The molecule has 2 rings (SSSR count). The molecule has 0 aromatic heterocycles. The number of hydrogen-bond donors (Lipinski definition) is 3. The summed E-state index contributed by atoms with van der Waals surface area (Å²) < 4.78 is 0. The molecule has 0 bridgehead atoms. The van der Waals surface area contributed by atoms with Crippen molar-refractivity contribution in [2.45, 2.75) is 18.9 Å². The molecule has 6 heteroatoms. The molecular formula is C13H17N3O3. The summed E-state index contributed by atoms with van der Waals surface area (Å²) in [4.78, 5) is 24.2. The molecule has 1 aliphatic carbocycles. The number of carbonyl (C=O) groups excluding carboxylic acids is 1. The molecular weight excluding hydrogens is 246 g/mol. The van der Waals surface area contributed by atoms with E-state index in [1.807, 2.05) is 0 Å². The van der Waals surface area contributed by atoms with Gasteiger partial charge in [-0.3, -0.25) is 4.79 Å². The van der Waals surface area contributed by atoms with Crippen LogP contribution in [0.15, 0.2) is 18.2 Å². The van der Waals surface area contributed by atoms with Crippen LogP contribution in [-0.4, -0.2) is 36.6 Å². The van der Waals surface area contributed by atoms with Gasteiger partial charge < -0.3 is 21.1 Å². The van der Waals surface area contributed by atoms with E-state index in [-0.39, 0.29) is 23.7 Å². The van der Waals surface area contributed by atoms with Crippen molar-refractivity contribution in [1.29, 1.82) is 0 Å². The van der Waals surface area contributed by atoms with Gasteiger partial charge in [-0.25, -0.2) is 4.79 Å². The number of benzene rings is 1. The van der Waals surface area contributed by atoms with Crippen LogP contribution in [0.1, 0.15) is 23.2 Å². The first-order chi connectivity index (χ1) is 8.97. The molecule has 0 heterocycles. The Morgan fingerprint density at radius 1 is 1.47 bits per heavy atom. The van der Waals surface area contributed by atoms with Crippen LogP contribution >= 0.6 is 0 Å². The van der Waals surface area contributed by atoms with E-state index < -0.39 is 5.97 Å². The molecule has 19 heavy (non-hydrogen) atoms. The maximum Gasteiger partial charge on any atom is 0.337 e. The van der Waals surface area contributed by atoms with Crippen LogP contribution in [0.4, 0.5) is 11.4 Å². The zero-order valence-electron chi connectivity index (χ0n) is 10.7. The topological polar surface area (TPSA) is 95.7 Å². The van der Waals surface area contributed by atoms with Gasteiger partial charge in [0, 0.05) is 24.5 Å². The predicted molar refractivity (Wildman–Crippen MR) is 72.2 cm³/mol. The second-order valence-corrected chi connectivity index (χ2v) is 4.77. The largest absolute Gasteiger partial charge is 0.478 e. The van der Waals surface area contributed by atoms with Gasteiger partial charge in [0.05, 0.1) is 12.1 Å². The molecule has 1 saturated carbocycles. The Labute approximate surface area is 111 Å². The van der Waals surface area contributed by atoms with Crippen molar-refractivity contribution < 1.29 is 14.7 Å². The summed E-state index contributed by atoms with van der Waals surface area (Å²) >= 11 is 0. The fourth-order valence-electron chi connectivity index (χ4n) is 1.79. The van der Waals surface area contributed by atoms with E-state index in [0.717, 1.165) is 12.8 Å². The number of carboxylic acid groups (broad SMARTS) is 1. The number of nitrogens with one attached hydrogen (secondary N) is 1. The van der Waals surface area contributed by atoms with E-state index in [1.165, 1.54) is 6.07 Å². The summed E-state index contributed by atoms with van der Waals surface area (Å²) in [5.41, 5.74) is 6.65. The third kappa shape index (κ3) is 3.37. The van der Waals surface area contributed by atoms with Crippen LogP contribution in [0.3, 0.4) is 0 Å². The number of anilines is 2. The molecule has 102 valence electrons. The van der Waals surface area contributed by atoms with Gasteiger partial charge in [-0.1, -0.05) is 0 Å². The highest BCUT2D eigenvalue weighted by Crippen LogP contribution is 2.21. The molecule has 1 fully saturated rings. The fourth-order valence-corrected chi connectivity index (χ4v) is 1.79. The lowest BCUT2D eigenvalue weighted by molar-refractivity contribution is -0.119. The third-order valence-electron chi connectivity index (χ3n) is 3.03. The highest BCUT2D eigenvalue weighted by molar-refractivity contribution is 5.94. The summed E-state index contributed by atoms with van der Waals surface area (Å²) in [5, 5.41) is 11.8. The molecule has 0 aliphatic heterocycles. The summed E-state index contributed by atoms with van der Waals surface area (Å²) in [6, 6.07) is 4.99. The Bertz CT molecular complexity index is 512. The van der Waals surface area contributed by atoms with Gasteiger partial charge in [0.25, 0.3) is 0 Å². The summed E-state index contributed by atoms with van der Waals surface area (Å²) in [6.07, 6.45) is 2.10. The highest BCUT2D eigenvalue weighted by atomic mass is 16.4. The van der Waals surface area contributed by atoms with Gasteiger partial charge >= 0.3 is 5.97 Å². The van der Waals surface area contributed by atoms with Crippen molar-refractivity contribution in [2.24, 2.45) is 0 Å². The molecule has 1 aromatic rings. The van der Waals surface area contributed by atoms with Crippen molar-refractivity contribution >= 4 is 23.3 Å². The molecule has 0 unspecified atom stereocenters. The minimum atomic E-state index is -1.06. The first-order valence-corrected chi connectivity index (χ1v) is 6.10. The average molecular weight is 263 g/mol. The number of aromatic carboxylic acids is 1. The monoisotopic (exact) mass is 263 g/mol. The lowest BCUT2D eigenvalue weighted by Gasteiger charge is -2.19. The first-order valence-electron chi connectivity index (χ1n) is 6.10. The quantitative estimate of drug-likeness (QED) is 0.679. The van der Waals surface area contributed by atoms with Crippen molar-refractivity contribution in [3.05, 3.63) is 23.8 Å². The van der Waals surface area contributed by atoms with Gasteiger partial charge in [0.1, 0.15) is 0 Å². The number of hydrogen-bond acceptors (Lipinski definition) is 4. The van der Waals surface area contributed by atoms with Crippen LogP contribution in [0, 0.1) is 0 Å². The molecule has 0 atom stereocenters. The standard InChI is InChI=1S/C13H17N3O3/c1-16(7-12(17)15-8-2-3-8)9-4-5-10(13(18)19)11(14)6-9/h4-6,8H,2-3,7,14H2,1H3,(H,15,17)(H,18,19). The van der Waals surface area contributed by atoms with Crippen molar-refractivity contribution in [3.63, 3.8) is 0 Å². The zero-order valence-corrected chi connectivity index (χ0v) is 10.7. The first kappa shape index (κ1) is 13.2. The van der Waals surface area contributed by atoms with Gasteiger partial charge in [-0.15, -0.1) is 0 Å². The second-order valence-electron chi connectivity index (χ2n) is 4.77. The summed E-state index contributed by atoms with van der Waals surface area (Å²) in [7, 11) is 1.77. The molecule has 6 nitrogen and oxygen atoms in total. The zero-order chi connectivity index (χ0) is 14.0. The van der Waals surface area contributed by atoms with E-state index in [4.69, 9.17) is 10.8 Å². The van der Waals surface area contributed by atoms with Crippen LogP contribution in [-0.2, 0) is 4.79 Å². The molecule has 4 N–H and O–H groups in total. The predicted octanol–water partition coefficient (Wildman–Crippen LogP) is 0.682. The van der Waals surface area contributed by atoms with E-state index >= 15 is 0 Å². The Hall–Kier alpha value is -2.24. The molecule has 1 aliphatic rings. The van der Waals surface area contributed by atoms with E-state index in [2.05, 4.69) is 5.32 Å². The Morgan fingerprint density at radius 3 is 2.68 bits per heavy atom. The fraction of sp³-hybridized carbons (Fsp3) is 0.385. The van der Waals surface area contributed by atoms with E-state index in [1.54, 1.807) is 24.1 Å². The Kier molecular flexibility index (Phi) is 3.59. The Balaban J connectivity index is 2.01. The lowest BCUT2D eigenvalue weighted by atomic mass is 10.1. The highest BCUT2D eigenvalue weighted by Gasteiger charge is 2.23. The van der Waals surface area contributed by atoms with Gasteiger partial charge in [-0.05, 0) is 31.0 Å². The SMILES string of the molecule is CN(CC(=O)NC1CC1)c1ccc(C(=O)O)c(N)c1. The van der Waals surface area contributed by atoms with Gasteiger partial charge in [-0.2, -0.15) is 0 Å². The molecule has 1 aromatic carbocycles. The van der Waals surface area contributed by atoms with Crippen LogP contribution in [0.25, 0.3) is 0 Å². The molecule has 0 saturated heterocycles. The number of amides is 1. The normalized spacial score (nSPS) is 13.9. The Morgan fingerprint density at radius 2 is 2.16 bits per heavy atom. The minimum Gasteiger partial charge on any atom is -0.478 e. The van der Waals surface area contributed by atoms with E-state index in [9.17, 15) is 9.59 Å². The smallest absolute Gasteiger partial charge is 0.337 e. The number of nitrogen functional groups attached to an aromatic ring is 1. The number of likely N-dealkylation sites (N-methyl/N-ethyl adjacent to an activating group) is 1. The number of carboxylic acids is 1. The second kappa shape index (κ2) is 5.17. The number of nitrogens with zero attached hydrogens (tertiary/aromatic N) is 1. The molecule has 0 spiro atoms. The molecule has 0 radical (unpaired) electrons. The third-order valence-corrected chi connectivity index (χ3v) is 3.03. The minimum absolute atomic E-state index is 0.0362. The number of nitrogens with two attached hydrogens (primary N) is 1. The number of rotatable bonds is 5. The van der Waals surface area contributed by atoms with Gasteiger partial charge in [0.2, 0.25) is 5.91 Å². The van der Waals surface area contributed by atoms with Crippen LogP contribution in [0.2, 0.25) is 0 Å². The van der Waals surface area contributed by atoms with Crippen molar-refractivity contribution in [2.75, 3.05) is 24.2 Å². The maximum atomic E-state index is 11.7. The summed E-state index contributed by atoms with van der Waals surface area (Å²) in [6.45, 7) is 0.225. The van der Waals surface area contributed by atoms with E-state index in [0.29, 0.717) is 11.7 Å². The van der Waals surface area contributed by atoms with Gasteiger partial charge in [0.15, 0.2) is 0 Å².